The Morgan fingerprint density at radius 1 is 1.08 bits per heavy atom. The molecular weight excluding hydrogens is 328 g/mol. The Bertz CT molecular complexity index is 774. The molecule has 3 N–H and O–H groups in total. The first-order valence-corrected chi connectivity index (χ1v) is 9.30. The second-order valence-corrected chi connectivity index (χ2v) is 7.48. The molecule has 1 atom stereocenters. The maximum Gasteiger partial charge on any atom is 0.319 e. The molecule has 2 amide bonds. The molecule has 0 radical (unpaired) electrons. The number of hydrogen-bond acceptors (Lipinski definition) is 4. The van der Waals surface area contributed by atoms with Gasteiger partial charge in [0.15, 0.2) is 9.84 Å². The highest BCUT2D eigenvalue weighted by molar-refractivity contribution is 7.90. The van der Waals surface area contributed by atoms with E-state index in [4.69, 9.17) is 0 Å². The number of urea groups is 1. The van der Waals surface area contributed by atoms with Crippen molar-refractivity contribution in [1.29, 1.82) is 0 Å². The fraction of sp³-hybridized carbons (Fsp3) is 0.235. The summed E-state index contributed by atoms with van der Waals surface area (Å²) in [5.74, 6) is 0. The van der Waals surface area contributed by atoms with Gasteiger partial charge in [0.05, 0.1) is 17.5 Å². The summed E-state index contributed by atoms with van der Waals surface area (Å²) in [6.07, 6.45) is 1.63. The first kappa shape index (κ1) is 18.0. The monoisotopic (exact) mass is 348 g/mol. The average molecular weight is 348 g/mol. The zero-order valence-electron chi connectivity index (χ0n) is 13.3. The number of aliphatic hydroxyl groups excluding tert-OH is 1. The molecule has 0 aliphatic rings. The summed E-state index contributed by atoms with van der Waals surface area (Å²) in [5, 5.41) is 14.7. The Morgan fingerprint density at radius 2 is 1.71 bits per heavy atom. The molecule has 0 aliphatic carbocycles. The molecule has 7 heteroatoms. The van der Waals surface area contributed by atoms with Crippen molar-refractivity contribution < 1.29 is 18.3 Å². The van der Waals surface area contributed by atoms with E-state index in [-0.39, 0.29) is 11.5 Å². The molecule has 2 aromatic carbocycles. The lowest BCUT2D eigenvalue weighted by molar-refractivity contribution is 0.224. The summed E-state index contributed by atoms with van der Waals surface area (Å²) in [5.41, 5.74) is 1.48. The third-order valence-electron chi connectivity index (χ3n) is 3.42. The molecule has 0 aromatic heterocycles. The standard InChI is InChI=1S/C17H20N2O4S/c1-24(22,23)16-9-7-14(8-10-16)18-17(21)19-15(12-20)11-13-5-3-2-4-6-13/h2-10,15,20H,11-12H2,1H3,(H2,18,19,21). The number of amides is 2. The number of benzene rings is 2. The van der Waals surface area contributed by atoms with Crippen LogP contribution in [0.4, 0.5) is 10.5 Å². The van der Waals surface area contributed by atoms with Crippen molar-refractivity contribution in [3.05, 3.63) is 60.2 Å². The van der Waals surface area contributed by atoms with Crippen LogP contribution in [0, 0.1) is 0 Å². The predicted octanol–water partition coefficient (Wildman–Crippen LogP) is 1.82. The lowest BCUT2D eigenvalue weighted by Gasteiger charge is -2.17. The molecule has 0 spiro atoms. The van der Waals surface area contributed by atoms with Crippen LogP contribution < -0.4 is 10.6 Å². The van der Waals surface area contributed by atoms with Crippen molar-refractivity contribution in [3.8, 4) is 0 Å². The molecule has 2 rings (SSSR count). The van der Waals surface area contributed by atoms with Crippen LogP contribution >= 0.6 is 0 Å². The quantitative estimate of drug-likeness (QED) is 0.742. The van der Waals surface area contributed by atoms with Crippen LogP contribution in [0.3, 0.4) is 0 Å². The summed E-state index contributed by atoms with van der Waals surface area (Å²) < 4.78 is 22.8. The van der Waals surface area contributed by atoms with Crippen molar-refractivity contribution in [3.63, 3.8) is 0 Å². The average Bonchev–Trinajstić information content (AvgIpc) is 2.54. The summed E-state index contributed by atoms with van der Waals surface area (Å²) in [4.78, 5) is 12.2. The highest BCUT2D eigenvalue weighted by Crippen LogP contribution is 2.13. The lowest BCUT2D eigenvalue weighted by Crippen LogP contribution is -2.41. The Morgan fingerprint density at radius 3 is 2.25 bits per heavy atom. The molecule has 128 valence electrons. The van der Waals surface area contributed by atoms with Gasteiger partial charge in [0.2, 0.25) is 0 Å². The van der Waals surface area contributed by atoms with Crippen LogP contribution in [0.2, 0.25) is 0 Å². The number of nitrogens with one attached hydrogen (secondary N) is 2. The van der Waals surface area contributed by atoms with Crippen LogP contribution in [-0.2, 0) is 16.3 Å². The fourth-order valence-corrected chi connectivity index (χ4v) is 2.83. The Hall–Kier alpha value is -2.38. The minimum atomic E-state index is -3.27. The highest BCUT2D eigenvalue weighted by atomic mass is 32.2. The summed E-state index contributed by atoms with van der Waals surface area (Å²) in [6.45, 7) is -0.185. The second-order valence-electron chi connectivity index (χ2n) is 5.46. The predicted molar refractivity (Wildman–Crippen MR) is 92.7 cm³/mol. The normalized spacial score (nSPS) is 12.4. The van der Waals surface area contributed by atoms with Gasteiger partial charge in [0.1, 0.15) is 0 Å². The third kappa shape index (κ3) is 5.36. The van der Waals surface area contributed by atoms with Crippen LogP contribution in [0.5, 0.6) is 0 Å². The topological polar surface area (TPSA) is 95.5 Å². The van der Waals surface area contributed by atoms with E-state index in [2.05, 4.69) is 10.6 Å². The lowest BCUT2D eigenvalue weighted by atomic mass is 10.1. The number of rotatable bonds is 6. The Labute approximate surface area is 141 Å². The van der Waals surface area contributed by atoms with Gasteiger partial charge >= 0.3 is 6.03 Å². The Kier molecular flexibility index (Phi) is 5.94. The molecule has 0 saturated carbocycles. The van der Waals surface area contributed by atoms with E-state index in [1.807, 2.05) is 30.3 Å². The summed E-state index contributed by atoms with van der Waals surface area (Å²) in [6, 6.07) is 14.6. The molecule has 6 nitrogen and oxygen atoms in total. The minimum Gasteiger partial charge on any atom is -0.394 e. The van der Waals surface area contributed by atoms with Gasteiger partial charge in [0.25, 0.3) is 0 Å². The number of anilines is 1. The number of sulfone groups is 1. The molecule has 0 saturated heterocycles. The van der Waals surface area contributed by atoms with E-state index in [0.717, 1.165) is 11.8 Å². The smallest absolute Gasteiger partial charge is 0.319 e. The van der Waals surface area contributed by atoms with Crippen molar-refractivity contribution >= 4 is 21.6 Å². The van der Waals surface area contributed by atoms with Crippen LogP contribution in [0.1, 0.15) is 5.56 Å². The third-order valence-corrected chi connectivity index (χ3v) is 4.55. The van der Waals surface area contributed by atoms with Crippen molar-refractivity contribution in [2.75, 3.05) is 18.2 Å². The van der Waals surface area contributed by atoms with E-state index in [9.17, 15) is 18.3 Å². The zero-order valence-corrected chi connectivity index (χ0v) is 14.1. The molecule has 0 fully saturated rings. The van der Waals surface area contributed by atoms with E-state index >= 15 is 0 Å². The number of hydrogen-bond donors (Lipinski definition) is 3. The van der Waals surface area contributed by atoms with E-state index < -0.39 is 21.9 Å². The molecule has 0 heterocycles. The second kappa shape index (κ2) is 7.94. The zero-order chi connectivity index (χ0) is 17.6. The van der Waals surface area contributed by atoms with E-state index in [1.54, 1.807) is 0 Å². The van der Waals surface area contributed by atoms with Gasteiger partial charge in [-0.25, -0.2) is 13.2 Å². The first-order valence-electron chi connectivity index (χ1n) is 7.41. The van der Waals surface area contributed by atoms with Crippen LogP contribution in [-0.4, -0.2) is 38.5 Å². The fourth-order valence-electron chi connectivity index (χ4n) is 2.20. The highest BCUT2D eigenvalue weighted by Gasteiger charge is 2.13. The van der Waals surface area contributed by atoms with Gasteiger partial charge in [0, 0.05) is 11.9 Å². The van der Waals surface area contributed by atoms with E-state index in [0.29, 0.717) is 12.1 Å². The molecule has 24 heavy (non-hydrogen) atoms. The van der Waals surface area contributed by atoms with Gasteiger partial charge in [-0.15, -0.1) is 0 Å². The minimum absolute atomic E-state index is 0.185. The first-order chi connectivity index (χ1) is 11.4. The molecule has 0 bridgehead atoms. The summed E-state index contributed by atoms with van der Waals surface area (Å²) in [7, 11) is -3.27. The van der Waals surface area contributed by atoms with Gasteiger partial charge in [-0.1, -0.05) is 30.3 Å². The molecule has 1 unspecified atom stereocenters. The van der Waals surface area contributed by atoms with Gasteiger partial charge in [-0.05, 0) is 36.2 Å². The SMILES string of the molecule is CS(=O)(=O)c1ccc(NC(=O)NC(CO)Cc2ccccc2)cc1. The van der Waals surface area contributed by atoms with Crippen molar-refractivity contribution in [2.24, 2.45) is 0 Å². The number of aliphatic hydroxyl groups is 1. The number of carbonyl (C=O) groups excluding carboxylic acids is 1. The van der Waals surface area contributed by atoms with Crippen molar-refractivity contribution in [2.45, 2.75) is 17.4 Å². The van der Waals surface area contributed by atoms with E-state index in [1.165, 1.54) is 24.3 Å². The largest absolute Gasteiger partial charge is 0.394 e. The Balaban J connectivity index is 1.94. The maximum absolute atomic E-state index is 12.0. The van der Waals surface area contributed by atoms with Gasteiger partial charge in [-0.3, -0.25) is 0 Å². The van der Waals surface area contributed by atoms with Gasteiger partial charge < -0.3 is 15.7 Å². The summed E-state index contributed by atoms with van der Waals surface area (Å²) >= 11 is 0. The molecule has 0 aliphatic heterocycles. The van der Waals surface area contributed by atoms with Crippen molar-refractivity contribution in [1.82, 2.24) is 5.32 Å². The maximum atomic E-state index is 12.0. The van der Waals surface area contributed by atoms with Crippen LogP contribution in [0.15, 0.2) is 59.5 Å². The number of carbonyl (C=O) groups is 1. The molecule has 2 aromatic rings. The van der Waals surface area contributed by atoms with Gasteiger partial charge in [-0.2, -0.15) is 0 Å². The van der Waals surface area contributed by atoms with Crippen LogP contribution in [0.25, 0.3) is 0 Å². The molecular formula is C17H20N2O4S.